The average molecular weight is 272 g/mol. The van der Waals surface area contributed by atoms with Gasteiger partial charge in [-0.05, 0) is 25.7 Å². The number of rotatable bonds is 6. The van der Waals surface area contributed by atoms with Crippen LogP contribution in [0.2, 0.25) is 5.15 Å². The number of nitrogens with zero attached hydrogens (tertiary/aromatic N) is 2. The van der Waals surface area contributed by atoms with Crippen LogP contribution in [0.3, 0.4) is 0 Å². The molecule has 18 heavy (non-hydrogen) atoms. The third-order valence-electron chi connectivity index (χ3n) is 2.56. The molecular formula is C12H18ClN3O2. The molecule has 0 saturated carbocycles. The van der Waals surface area contributed by atoms with E-state index in [4.69, 9.17) is 11.6 Å². The van der Waals surface area contributed by atoms with E-state index in [9.17, 15) is 10.1 Å². The van der Waals surface area contributed by atoms with Gasteiger partial charge in [-0.15, -0.1) is 0 Å². The largest absolute Gasteiger partial charge is 0.367 e. The topological polar surface area (TPSA) is 68.1 Å². The molecule has 1 rings (SSSR count). The fourth-order valence-corrected chi connectivity index (χ4v) is 1.77. The van der Waals surface area contributed by atoms with E-state index < -0.39 is 4.92 Å². The molecule has 0 aliphatic rings. The van der Waals surface area contributed by atoms with E-state index in [1.165, 1.54) is 12.1 Å². The molecule has 0 radical (unpaired) electrons. The molecular weight excluding hydrogens is 254 g/mol. The number of halogens is 1. The second-order valence-corrected chi connectivity index (χ2v) is 5.19. The van der Waals surface area contributed by atoms with Gasteiger partial charge in [0.1, 0.15) is 11.0 Å². The molecule has 0 fully saturated rings. The predicted molar refractivity (Wildman–Crippen MR) is 73.1 cm³/mol. The number of hydrogen-bond donors (Lipinski definition) is 1. The molecule has 1 heterocycles. The fourth-order valence-electron chi connectivity index (χ4n) is 1.57. The first-order valence-electron chi connectivity index (χ1n) is 5.97. The van der Waals surface area contributed by atoms with Crippen LogP contribution in [0.25, 0.3) is 0 Å². The number of pyridine rings is 1. The van der Waals surface area contributed by atoms with Gasteiger partial charge in [-0.1, -0.05) is 25.4 Å². The molecule has 1 aromatic rings. The SMILES string of the molecule is CC(C)CCC(C)Nc1cc([N+](=O)[O-])cc(Cl)n1. The second kappa shape index (κ2) is 6.54. The van der Waals surface area contributed by atoms with Crippen LogP contribution in [0.15, 0.2) is 12.1 Å². The Hall–Kier alpha value is -1.36. The average Bonchev–Trinajstić information content (AvgIpc) is 2.25. The molecule has 1 unspecified atom stereocenters. The van der Waals surface area contributed by atoms with Crippen LogP contribution >= 0.6 is 11.6 Å². The van der Waals surface area contributed by atoms with E-state index >= 15 is 0 Å². The van der Waals surface area contributed by atoms with Gasteiger partial charge >= 0.3 is 0 Å². The highest BCUT2D eigenvalue weighted by Crippen LogP contribution is 2.21. The third kappa shape index (κ3) is 4.87. The lowest BCUT2D eigenvalue weighted by Gasteiger charge is -2.15. The van der Waals surface area contributed by atoms with Gasteiger partial charge in [0.2, 0.25) is 0 Å². The van der Waals surface area contributed by atoms with Crippen LogP contribution in [-0.4, -0.2) is 15.9 Å². The molecule has 0 bridgehead atoms. The number of hydrogen-bond acceptors (Lipinski definition) is 4. The summed E-state index contributed by atoms with van der Waals surface area (Å²) in [5.74, 6) is 1.08. The van der Waals surface area contributed by atoms with Gasteiger partial charge in [-0.2, -0.15) is 0 Å². The lowest BCUT2D eigenvalue weighted by Crippen LogP contribution is -2.16. The first-order chi connectivity index (χ1) is 8.38. The first kappa shape index (κ1) is 14.7. The van der Waals surface area contributed by atoms with Crippen LogP contribution in [0.4, 0.5) is 11.5 Å². The molecule has 0 aliphatic heterocycles. The number of aromatic nitrogens is 1. The van der Waals surface area contributed by atoms with Crippen molar-refractivity contribution in [2.75, 3.05) is 5.32 Å². The monoisotopic (exact) mass is 271 g/mol. The Kier molecular flexibility index (Phi) is 5.34. The van der Waals surface area contributed by atoms with Crippen LogP contribution in [0, 0.1) is 16.0 Å². The van der Waals surface area contributed by atoms with E-state index in [0.717, 1.165) is 12.8 Å². The van der Waals surface area contributed by atoms with Gasteiger partial charge in [0.15, 0.2) is 0 Å². The summed E-state index contributed by atoms with van der Waals surface area (Å²) < 4.78 is 0. The van der Waals surface area contributed by atoms with E-state index in [2.05, 4.69) is 24.1 Å². The van der Waals surface area contributed by atoms with Crippen LogP contribution < -0.4 is 5.32 Å². The lowest BCUT2D eigenvalue weighted by atomic mass is 10.0. The standard InChI is InChI=1S/C12H18ClN3O2/c1-8(2)4-5-9(3)14-12-7-10(16(17)18)6-11(13)15-12/h6-9H,4-5H2,1-3H3,(H,14,15). The molecule has 1 aromatic heterocycles. The summed E-state index contributed by atoms with van der Waals surface area (Å²) >= 11 is 5.75. The zero-order valence-electron chi connectivity index (χ0n) is 10.8. The molecule has 0 spiro atoms. The lowest BCUT2D eigenvalue weighted by molar-refractivity contribution is -0.384. The van der Waals surface area contributed by atoms with Crippen LogP contribution in [0.1, 0.15) is 33.6 Å². The van der Waals surface area contributed by atoms with Gasteiger partial charge in [0.25, 0.3) is 5.69 Å². The Balaban J connectivity index is 2.69. The van der Waals surface area contributed by atoms with Crippen molar-refractivity contribution in [3.63, 3.8) is 0 Å². The van der Waals surface area contributed by atoms with Crippen molar-refractivity contribution in [1.29, 1.82) is 0 Å². The quantitative estimate of drug-likeness (QED) is 0.484. The molecule has 0 aromatic carbocycles. The maximum absolute atomic E-state index is 10.7. The van der Waals surface area contributed by atoms with E-state index in [-0.39, 0.29) is 16.9 Å². The minimum atomic E-state index is -0.475. The maximum Gasteiger partial charge on any atom is 0.276 e. The summed E-state index contributed by atoms with van der Waals surface area (Å²) in [5.41, 5.74) is -0.0476. The maximum atomic E-state index is 10.7. The van der Waals surface area contributed by atoms with Crippen molar-refractivity contribution in [3.8, 4) is 0 Å². The highest BCUT2D eigenvalue weighted by molar-refractivity contribution is 6.29. The Labute approximate surface area is 112 Å². The first-order valence-corrected chi connectivity index (χ1v) is 6.34. The summed E-state index contributed by atoms with van der Waals surface area (Å²) in [4.78, 5) is 14.3. The predicted octanol–water partition coefficient (Wildman–Crippen LogP) is 3.88. The molecule has 0 saturated heterocycles. The minimum Gasteiger partial charge on any atom is -0.367 e. The van der Waals surface area contributed by atoms with Crippen LogP contribution in [-0.2, 0) is 0 Å². The van der Waals surface area contributed by atoms with Gasteiger partial charge in [0.05, 0.1) is 17.1 Å². The van der Waals surface area contributed by atoms with Crippen molar-refractivity contribution in [2.24, 2.45) is 5.92 Å². The Morgan fingerprint density at radius 1 is 1.39 bits per heavy atom. The fraction of sp³-hybridized carbons (Fsp3) is 0.583. The van der Waals surface area contributed by atoms with Gasteiger partial charge in [0, 0.05) is 6.04 Å². The Bertz CT molecular complexity index is 424. The number of anilines is 1. The van der Waals surface area contributed by atoms with E-state index in [1.54, 1.807) is 0 Å². The summed E-state index contributed by atoms with van der Waals surface area (Å²) in [7, 11) is 0. The van der Waals surface area contributed by atoms with Gasteiger partial charge in [-0.3, -0.25) is 10.1 Å². The van der Waals surface area contributed by atoms with Crippen molar-refractivity contribution in [3.05, 3.63) is 27.4 Å². The summed E-state index contributed by atoms with van der Waals surface area (Å²) in [6.45, 7) is 6.35. The number of nitro groups is 1. The highest BCUT2D eigenvalue weighted by Gasteiger charge is 2.12. The summed E-state index contributed by atoms with van der Waals surface area (Å²) in [6, 6.07) is 2.85. The molecule has 1 atom stereocenters. The molecule has 0 aliphatic carbocycles. The molecule has 0 amide bonds. The van der Waals surface area contributed by atoms with Gasteiger partial charge in [-0.25, -0.2) is 4.98 Å². The van der Waals surface area contributed by atoms with Crippen molar-refractivity contribution >= 4 is 23.1 Å². The second-order valence-electron chi connectivity index (χ2n) is 4.81. The Morgan fingerprint density at radius 2 is 2.06 bits per heavy atom. The van der Waals surface area contributed by atoms with Crippen molar-refractivity contribution in [2.45, 2.75) is 39.7 Å². The zero-order chi connectivity index (χ0) is 13.7. The molecule has 100 valence electrons. The van der Waals surface area contributed by atoms with Gasteiger partial charge < -0.3 is 5.32 Å². The zero-order valence-corrected chi connectivity index (χ0v) is 11.6. The highest BCUT2D eigenvalue weighted by atomic mass is 35.5. The smallest absolute Gasteiger partial charge is 0.276 e. The summed E-state index contributed by atoms with van der Waals surface area (Å²) in [6.07, 6.45) is 2.08. The molecule has 1 N–H and O–H groups in total. The third-order valence-corrected chi connectivity index (χ3v) is 2.75. The normalized spacial score (nSPS) is 12.5. The van der Waals surface area contributed by atoms with Crippen LogP contribution in [0.5, 0.6) is 0 Å². The van der Waals surface area contributed by atoms with E-state index in [1.807, 2.05) is 6.92 Å². The van der Waals surface area contributed by atoms with Crippen molar-refractivity contribution in [1.82, 2.24) is 4.98 Å². The van der Waals surface area contributed by atoms with E-state index in [0.29, 0.717) is 11.7 Å². The van der Waals surface area contributed by atoms with Crippen molar-refractivity contribution < 1.29 is 4.92 Å². The summed E-state index contributed by atoms with van der Waals surface area (Å²) in [5, 5.41) is 14.0. The molecule has 6 heteroatoms. The minimum absolute atomic E-state index is 0.0476. The number of nitrogens with one attached hydrogen (secondary N) is 1. The Morgan fingerprint density at radius 3 is 2.61 bits per heavy atom. The molecule has 5 nitrogen and oxygen atoms in total.